The Morgan fingerprint density at radius 1 is 1.00 bits per heavy atom. The molecule has 150 valence electrons. The summed E-state index contributed by atoms with van der Waals surface area (Å²) < 4.78 is 12.7. The van der Waals surface area contributed by atoms with Crippen molar-refractivity contribution < 1.29 is 14.3 Å². The highest BCUT2D eigenvalue weighted by Crippen LogP contribution is 2.28. The van der Waals surface area contributed by atoms with Crippen molar-refractivity contribution in [2.45, 2.75) is 26.4 Å². The van der Waals surface area contributed by atoms with E-state index in [2.05, 4.69) is 47.8 Å². The largest absolute Gasteiger partial charge is 0.496 e. The molecule has 1 N–H and O–H groups in total. The number of halogens is 1. The van der Waals surface area contributed by atoms with Crippen molar-refractivity contribution in [3.63, 3.8) is 0 Å². The van der Waals surface area contributed by atoms with E-state index >= 15 is 0 Å². The summed E-state index contributed by atoms with van der Waals surface area (Å²) >= 11 is 2.23. The summed E-state index contributed by atoms with van der Waals surface area (Å²) in [6, 6.07) is 21.1. The van der Waals surface area contributed by atoms with E-state index in [4.69, 9.17) is 9.47 Å². The van der Waals surface area contributed by atoms with Crippen LogP contribution in [0.5, 0.6) is 11.5 Å². The van der Waals surface area contributed by atoms with Crippen LogP contribution in [0.4, 0.5) is 5.69 Å². The third kappa shape index (κ3) is 5.50. The van der Waals surface area contributed by atoms with E-state index in [1.54, 1.807) is 19.2 Å². The number of hydrogen-bond donors (Lipinski definition) is 1. The number of ether oxygens (including phenoxy) is 2. The molecule has 0 aliphatic heterocycles. The zero-order valence-electron chi connectivity index (χ0n) is 16.7. The minimum atomic E-state index is -0.169. The van der Waals surface area contributed by atoms with Gasteiger partial charge in [-0.25, -0.2) is 0 Å². The highest BCUT2D eigenvalue weighted by atomic mass is 127. The molecule has 0 unspecified atom stereocenters. The highest BCUT2D eigenvalue weighted by molar-refractivity contribution is 14.1. The van der Waals surface area contributed by atoms with Crippen molar-refractivity contribution in [2.75, 3.05) is 12.4 Å². The molecule has 29 heavy (non-hydrogen) atoms. The zero-order valence-corrected chi connectivity index (χ0v) is 18.9. The molecule has 3 aromatic carbocycles. The van der Waals surface area contributed by atoms with Crippen molar-refractivity contribution in [1.29, 1.82) is 0 Å². The molecular weight excluding hydrogens is 477 g/mol. The Morgan fingerprint density at radius 2 is 1.72 bits per heavy atom. The Kier molecular flexibility index (Phi) is 7.14. The van der Waals surface area contributed by atoms with Crippen LogP contribution in [0.25, 0.3) is 0 Å². The van der Waals surface area contributed by atoms with Gasteiger partial charge in [0.1, 0.15) is 18.1 Å². The summed E-state index contributed by atoms with van der Waals surface area (Å²) in [5.41, 5.74) is 3.29. The lowest BCUT2D eigenvalue weighted by molar-refractivity contribution is 0.102. The lowest BCUT2D eigenvalue weighted by Crippen LogP contribution is -2.13. The minimum Gasteiger partial charge on any atom is -0.496 e. The number of benzene rings is 3. The van der Waals surface area contributed by atoms with Crippen molar-refractivity contribution in [3.05, 3.63) is 87.0 Å². The molecule has 0 spiro atoms. The fourth-order valence-corrected chi connectivity index (χ4v) is 3.37. The maximum atomic E-state index is 12.7. The van der Waals surface area contributed by atoms with Gasteiger partial charge in [0.15, 0.2) is 0 Å². The molecule has 3 rings (SSSR count). The topological polar surface area (TPSA) is 47.6 Å². The first kappa shape index (κ1) is 21.2. The number of nitrogens with one attached hydrogen (secondary N) is 1. The molecule has 0 heterocycles. The fraction of sp³-hybridized carbons (Fsp3) is 0.208. The van der Waals surface area contributed by atoms with Gasteiger partial charge in [-0.1, -0.05) is 32.0 Å². The molecule has 4 nitrogen and oxygen atoms in total. The molecule has 0 radical (unpaired) electrons. The van der Waals surface area contributed by atoms with Crippen LogP contribution in [0, 0.1) is 3.57 Å². The molecule has 0 saturated carbocycles. The summed E-state index contributed by atoms with van der Waals surface area (Å²) in [7, 11) is 1.62. The second-order valence-electron chi connectivity index (χ2n) is 6.97. The molecule has 0 atom stereocenters. The summed E-state index contributed by atoms with van der Waals surface area (Å²) in [5, 5.41) is 2.92. The van der Waals surface area contributed by atoms with E-state index < -0.39 is 0 Å². The maximum absolute atomic E-state index is 12.7. The SMILES string of the molecule is COc1ccc(C(=O)Nc2ccc(I)cc2)cc1COc1ccccc1C(C)C. The number of anilines is 1. The lowest BCUT2D eigenvalue weighted by atomic mass is 10.0. The van der Waals surface area contributed by atoms with Crippen LogP contribution in [-0.2, 0) is 6.61 Å². The Bertz CT molecular complexity index is 984. The van der Waals surface area contributed by atoms with E-state index in [-0.39, 0.29) is 5.91 Å². The predicted molar refractivity (Wildman–Crippen MR) is 125 cm³/mol. The van der Waals surface area contributed by atoms with Gasteiger partial charge in [-0.2, -0.15) is 0 Å². The second-order valence-corrected chi connectivity index (χ2v) is 8.21. The first-order chi connectivity index (χ1) is 14.0. The average Bonchev–Trinajstić information content (AvgIpc) is 2.73. The number of carbonyl (C=O) groups excluding carboxylic acids is 1. The van der Waals surface area contributed by atoms with Crippen LogP contribution in [-0.4, -0.2) is 13.0 Å². The van der Waals surface area contributed by atoms with Gasteiger partial charge in [0.25, 0.3) is 5.91 Å². The van der Waals surface area contributed by atoms with E-state index in [0.29, 0.717) is 23.8 Å². The first-order valence-electron chi connectivity index (χ1n) is 9.43. The number of amides is 1. The Morgan fingerprint density at radius 3 is 2.41 bits per heavy atom. The van der Waals surface area contributed by atoms with Crippen LogP contribution in [0.15, 0.2) is 66.7 Å². The van der Waals surface area contributed by atoms with Crippen LogP contribution in [0.2, 0.25) is 0 Å². The van der Waals surface area contributed by atoms with Gasteiger partial charge < -0.3 is 14.8 Å². The van der Waals surface area contributed by atoms with Crippen LogP contribution >= 0.6 is 22.6 Å². The number of rotatable bonds is 7. The number of hydrogen-bond acceptors (Lipinski definition) is 3. The molecule has 1 amide bonds. The lowest BCUT2D eigenvalue weighted by Gasteiger charge is -2.16. The summed E-state index contributed by atoms with van der Waals surface area (Å²) in [6.07, 6.45) is 0. The standard InChI is InChI=1S/C24H24INO3/c1-16(2)21-6-4-5-7-23(21)29-15-18-14-17(8-13-22(18)28-3)24(27)26-20-11-9-19(25)10-12-20/h4-14,16H,15H2,1-3H3,(H,26,27). The molecule has 0 bridgehead atoms. The molecule has 5 heteroatoms. The van der Waals surface area contributed by atoms with Gasteiger partial charge in [-0.05, 0) is 82.6 Å². The minimum absolute atomic E-state index is 0.169. The van der Waals surface area contributed by atoms with Crippen molar-refractivity contribution in [2.24, 2.45) is 0 Å². The molecule has 3 aromatic rings. The van der Waals surface area contributed by atoms with E-state index in [1.165, 1.54) is 0 Å². The van der Waals surface area contributed by atoms with E-state index in [9.17, 15) is 4.79 Å². The Hall–Kier alpha value is -2.54. The van der Waals surface area contributed by atoms with Gasteiger partial charge in [0.05, 0.1) is 7.11 Å². The summed E-state index contributed by atoms with van der Waals surface area (Å²) in [5.74, 6) is 1.73. The highest BCUT2D eigenvalue weighted by Gasteiger charge is 2.13. The summed E-state index contributed by atoms with van der Waals surface area (Å²) in [6.45, 7) is 4.59. The predicted octanol–water partition coefficient (Wildman–Crippen LogP) is 6.25. The van der Waals surface area contributed by atoms with Crippen molar-refractivity contribution >= 4 is 34.2 Å². The van der Waals surface area contributed by atoms with Crippen molar-refractivity contribution in [1.82, 2.24) is 0 Å². The maximum Gasteiger partial charge on any atom is 0.255 e. The molecule has 0 fully saturated rings. The third-order valence-corrected chi connectivity index (χ3v) is 5.29. The quantitative estimate of drug-likeness (QED) is 0.389. The fourth-order valence-electron chi connectivity index (χ4n) is 3.01. The van der Waals surface area contributed by atoms with Crippen LogP contribution in [0.3, 0.4) is 0 Å². The van der Waals surface area contributed by atoms with Gasteiger partial charge in [0, 0.05) is 20.4 Å². The average molecular weight is 501 g/mol. The Balaban J connectivity index is 1.78. The number of para-hydroxylation sites is 1. The van der Waals surface area contributed by atoms with Gasteiger partial charge in [-0.15, -0.1) is 0 Å². The molecule has 0 saturated heterocycles. The Labute approximate surface area is 185 Å². The molecule has 0 aromatic heterocycles. The van der Waals surface area contributed by atoms with Gasteiger partial charge in [-0.3, -0.25) is 4.79 Å². The third-order valence-electron chi connectivity index (χ3n) is 4.57. The normalized spacial score (nSPS) is 10.7. The van der Waals surface area contributed by atoms with Crippen LogP contribution < -0.4 is 14.8 Å². The summed E-state index contributed by atoms with van der Waals surface area (Å²) in [4.78, 5) is 12.7. The van der Waals surface area contributed by atoms with Crippen molar-refractivity contribution in [3.8, 4) is 11.5 Å². The zero-order chi connectivity index (χ0) is 20.8. The molecule has 0 aliphatic rings. The number of methoxy groups -OCH3 is 1. The number of carbonyl (C=O) groups is 1. The second kappa shape index (κ2) is 9.78. The van der Waals surface area contributed by atoms with Crippen LogP contribution in [0.1, 0.15) is 41.3 Å². The van der Waals surface area contributed by atoms with Gasteiger partial charge in [0.2, 0.25) is 0 Å². The molecular formula is C24H24INO3. The van der Waals surface area contributed by atoms with E-state index in [1.807, 2.05) is 48.5 Å². The molecule has 0 aliphatic carbocycles. The van der Waals surface area contributed by atoms with Gasteiger partial charge >= 0.3 is 0 Å². The first-order valence-corrected chi connectivity index (χ1v) is 10.5. The smallest absolute Gasteiger partial charge is 0.255 e. The monoisotopic (exact) mass is 501 g/mol. The van der Waals surface area contributed by atoms with E-state index in [0.717, 1.165) is 26.1 Å².